The summed E-state index contributed by atoms with van der Waals surface area (Å²) in [4.78, 5) is 30.7. The first-order chi connectivity index (χ1) is 12.8. The van der Waals surface area contributed by atoms with Crippen molar-refractivity contribution in [2.45, 2.75) is 26.3 Å². The fourth-order valence-electron chi connectivity index (χ4n) is 3.09. The van der Waals surface area contributed by atoms with Crippen molar-refractivity contribution < 1.29 is 23.5 Å². The van der Waals surface area contributed by atoms with Crippen molar-refractivity contribution in [2.24, 2.45) is 5.92 Å². The van der Waals surface area contributed by atoms with Crippen LogP contribution in [0.25, 0.3) is 0 Å². The maximum Gasteiger partial charge on any atom is 0.294 e. The van der Waals surface area contributed by atoms with Gasteiger partial charge >= 0.3 is 0 Å². The molecule has 0 saturated carbocycles. The van der Waals surface area contributed by atoms with E-state index in [1.807, 2.05) is 13.8 Å². The normalized spacial score (nSPS) is 17.1. The molecule has 0 saturated heterocycles. The molecule has 2 heterocycles. The van der Waals surface area contributed by atoms with Crippen LogP contribution < -0.4 is 4.90 Å². The number of benzene rings is 1. The SMILES string of the molecule is CC(C)CC(=O)C1=C(O)C(=O)N(c2ccc(F)c(F)c2)C1c1ccccn1. The maximum atomic E-state index is 13.7. The molecule has 1 aromatic heterocycles. The Morgan fingerprint density at radius 1 is 1.22 bits per heavy atom. The second kappa shape index (κ2) is 7.26. The lowest BCUT2D eigenvalue weighted by atomic mass is 9.94. The molecule has 1 aliphatic heterocycles. The Balaban J connectivity index is 2.14. The summed E-state index contributed by atoms with van der Waals surface area (Å²) in [7, 11) is 0. The van der Waals surface area contributed by atoms with Gasteiger partial charge in [-0.25, -0.2) is 8.78 Å². The number of amides is 1. The first-order valence-corrected chi connectivity index (χ1v) is 8.47. The summed E-state index contributed by atoms with van der Waals surface area (Å²) in [6.07, 6.45) is 1.62. The number of aliphatic hydroxyl groups is 1. The summed E-state index contributed by atoms with van der Waals surface area (Å²) in [5, 5.41) is 10.4. The molecule has 0 fully saturated rings. The summed E-state index contributed by atoms with van der Waals surface area (Å²) >= 11 is 0. The van der Waals surface area contributed by atoms with Gasteiger partial charge in [0.25, 0.3) is 5.91 Å². The number of Topliss-reactive ketones (excluding diaryl/α,β-unsaturated/α-hetero) is 1. The minimum Gasteiger partial charge on any atom is -0.503 e. The van der Waals surface area contributed by atoms with Gasteiger partial charge in [-0.15, -0.1) is 0 Å². The number of anilines is 1. The van der Waals surface area contributed by atoms with Gasteiger partial charge in [-0.2, -0.15) is 0 Å². The van der Waals surface area contributed by atoms with Gasteiger partial charge in [-0.05, 0) is 30.2 Å². The van der Waals surface area contributed by atoms with E-state index >= 15 is 0 Å². The number of hydrogen-bond donors (Lipinski definition) is 1. The third-order valence-corrected chi connectivity index (χ3v) is 4.25. The lowest BCUT2D eigenvalue weighted by molar-refractivity contribution is -0.118. The Labute approximate surface area is 155 Å². The van der Waals surface area contributed by atoms with Crippen LogP contribution in [-0.4, -0.2) is 21.8 Å². The highest BCUT2D eigenvalue weighted by molar-refractivity contribution is 6.16. The lowest BCUT2D eigenvalue weighted by Crippen LogP contribution is -2.31. The summed E-state index contributed by atoms with van der Waals surface area (Å²) in [5.74, 6) is -4.13. The topological polar surface area (TPSA) is 70.5 Å². The maximum absolute atomic E-state index is 13.7. The molecule has 0 bridgehead atoms. The quantitative estimate of drug-likeness (QED) is 0.865. The van der Waals surface area contributed by atoms with Gasteiger partial charge in [0.05, 0.1) is 11.3 Å². The van der Waals surface area contributed by atoms with E-state index in [-0.39, 0.29) is 23.6 Å². The third kappa shape index (κ3) is 3.45. The molecule has 0 radical (unpaired) electrons. The van der Waals surface area contributed by atoms with Crippen LogP contribution in [0.1, 0.15) is 32.0 Å². The number of carbonyl (C=O) groups excluding carboxylic acids is 2. The monoisotopic (exact) mass is 372 g/mol. The number of rotatable bonds is 5. The summed E-state index contributed by atoms with van der Waals surface area (Å²) in [6, 6.07) is 6.89. The fourth-order valence-corrected chi connectivity index (χ4v) is 3.09. The Bertz CT molecular complexity index is 926. The van der Waals surface area contributed by atoms with E-state index in [0.29, 0.717) is 5.69 Å². The lowest BCUT2D eigenvalue weighted by Gasteiger charge is -2.26. The number of hydrogen-bond acceptors (Lipinski definition) is 4. The molecule has 1 atom stereocenters. The summed E-state index contributed by atoms with van der Waals surface area (Å²) in [6.45, 7) is 3.68. The Morgan fingerprint density at radius 3 is 2.56 bits per heavy atom. The molecule has 5 nitrogen and oxygen atoms in total. The van der Waals surface area contributed by atoms with Crippen molar-refractivity contribution in [3.63, 3.8) is 0 Å². The zero-order valence-corrected chi connectivity index (χ0v) is 14.8. The van der Waals surface area contributed by atoms with Crippen LogP contribution >= 0.6 is 0 Å². The van der Waals surface area contributed by atoms with E-state index in [2.05, 4.69) is 4.98 Å². The van der Waals surface area contributed by atoms with Crippen LogP contribution in [-0.2, 0) is 9.59 Å². The second-order valence-corrected chi connectivity index (χ2v) is 6.71. The van der Waals surface area contributed by atoms with Crippen molar-refractivity contribution >= 4 is 17.4 Å². The van der Waals surface area contributed by atoms with Crippen molar-refractivity contribution in [3.8, 4) is 0 Å². The highest BCUT2D eigenvalue weighted by Crippen LogP contribution is 2.41. The van der Waals surface area contributed by atoms with Crippen LogP contribution in [0.4, 0.5) is 14.5 Å². The number of ketones is 1. The molecule has 140 valence electrons. The molecule has 1 aliphatic rings. The Hall–Kier alpha value is -3.09. The molecular formula is C20H18F2N2O3. The minimum absolute atomic E-state index is 0.00889. The zero-order valence-electron chi connectivity index (χ0n) is 14.8. The molecule has 1 aromatic carbocycles. The summed E-state index contributed by atoms with van der Waals surface area (Å²) in [5.41, 5.74) is 0.275. The molecule has 3 rings (SSSR count). The predicted molar refractivity (Wildman–Crippen MR) is 94.9 cm³/mol. The first-order valence-electron chi connectivity index (χ1n) is 8.47. The zero-order chi connectivity index (χ0) is 19.7. The smallest absolute Gasteiger partial charge is 0.294 e. The molecule has 0 aliphatic carbocycles. The number of nitrogens with zero attached hydrogens (tertiary/aromatic N) is 2. The molecule has 27 heavy (non-hydrogen) atoms. The number of aliphatic hydroxyl groups excluding tert-OH is 1. The van der Waals surface area contributed by atoms with Gasteiger partial charge in [0.1, 0.15) is 6.04 Å². The van der Waals surface area contributed by atoms with E-state index in [1.165, 1.54) is 12.3 Å². The fraction of sp³-hybridized carbons (Fsp3) is 0.250. The Kier molecular flexibility index (Phi) is 5.03. The standard InChI is InChI=1S/C20H18F2N2O3/c1-11(2)9-16(25)17-18(15-5-3-4-8-23-15)24(20(27)19(17)26)12-6-7-13(21)14(22)10-12/h3-8,10-11,18,26H,9H2,1-2H3. The van der Waals surface area contributed by atoms with Crippen molar-refractivity contribution in [2.75, 3.05) is 4.90 Å². The van der Waals surface area contributed by atoms with Crippen LogP contribution in [0.2, 0.25) is 0 Å². The highest BCUT2D eigenvalue weighted by atomic mass is 19.2. The van der Waals surface area contributed by atoms with Gasteiger partial charge in [0.15, 0.2) is 23.2 Å². The first kappa shape index (κ1) is 18.7. The molecule has 1 amide bonds. The minimum atomic E-state index is -1.14. The van der Waals surface area contributed by atoms with Gasteiger partial charge in [0.2, 0.25) is 0 Å². The summed E-state index contributed by atoms with van der Waals surface area (Å²) < 4.78 is 27.1. The van der Waals surface area contributed by atoms with Gasteiger partial charge in [0, 0.05) is 24.4 Å². The average Bonchev–Trinajstić information content (AvgIpc) is 2.89. The number of aromatic nitrogens is 1. The molecule has 1 unspecified atom stereocenters. The average molecular weight is 372 g/mol. The van der Waals surface area contributed by atoms with E-state index in [0.717, 1.165) is 17.0 Å². The molecule has 0 spiro atoms. The van der Waals surface area contributed by atoms with Crippen LogP contribution in [0.3, 0.4) is 0 Å². The molecule has 1 N–H and O–H groups in total. The van der Waals surface area contributed by atoms with Crippen LogP contribution in [0, 0.1) is 17.6 Å². The van der Waals surface area contributed by atoms with Crippen molar-refractivity contribution in [3.05, 3.63) is 71.3 Å². The van der Waals surface area contributed by atoms with E-state index in [9.17, 15) is 23.5 Å². The Morgan fingerprint density at radius 2 is 1.96 bits per heavy atom. The molecule has 7 heteroatoms. The second-order valence-electron chi connectivity index (χ2n) is 6.71. The number of halogens is 2. The van der Waals surface area contributed by atoms with Crippen molar-refractivity contribution in [1.29, 1.82) is 0 Å². The van der Waals surface area contributed by atoms with E-state index < -0.39 is 35.1 Å². The largest absolute Gasteiger partial charge is 0.503 e. The van der Waals surface area contributed by atoms with E-state index in [4.69, 9.17) is 0 Å². The van der Waals surface area contributed by atoms with Gasteiger partial charge in [-0.1, -0.05) is 19.9 Å². The van der Waals surface area contributed by atoms with Crippen molar-refractivity contribution in [1.82, 2.24) is 4.98 Å². The highest BCUT2D eigenvalue weighted by Gasteiger charge is 2.45. The van der Waals surface area contributed by atoms with Crippen LogP contribution in [0.15, 0.2) is 53.9 Å². The third-order valence-electron chi connectivity index (χ3n) is 4.25. The van der Waals surface area contributed by atoms with Gasteiger partial charge < -0.3 is 5.11 Å². The number of carbonyl (C=O) groups is 2. The van der Waals surface area contributed by atoms with E-state index in [1.54, 1.807) is 18.2 Å². The predicted octanol–water partition coefficient (Wildman–Crippen LogP) is 3.88. The molecule has 2 aromatic rings. The van der Waals surface area contributed by atoms with Gasteiger partial charge in [-0.3, -0.25) is 19.5 Å². The molecular weight excluding hydrogens is 354 g/mol. The number of pyridine rings is 1. The van der Waals surface area contributed by atoms with Crippen LogP contribution in [0.5, 0.6) is 0 Å².